The average molecular weight is 471 g/mol. The summed E-state index contributed by atoms with van der Waals surface area (Å²) in [5.41, 5.74) is 3.42. The average Bonchev–Trinajstić information content (AvgIpc) is 3.12. The van der Waals surface area contributed by atoms with Gasteiger partial charge >= 0.3 is 0 Å². The van der Waals surface area contributed by atoms with Gasteiger partial charge in [0.2, 0.25) is 0 Å². The van der Waals surface area contributed by atoms with E-state index in [9.17, 15) is 15.0 Å². The van der Waals surface area contributed by atoms with E-state index < -0.39 is 0 Å². The van der Waals surface area contributed by atoms with E-state index in [1.165, 1.54) is 6.42 Å². The van der Waals surface area contributed by atoms with Crippen LogP contribution in [0, 0.1) is 5.92 Å². The zero-order valence-corrected chi connectivity index (χ0v) is 20.1. The van der Waals surface area contributed by atoms with Crippen molar-refractivity contribution >= 4 is 16.7 Å². The quantitative estimate of drug-likeness (QED) is 0.346. The van der Waals surface area contributed by atoms with E-state index in [1.807, 2.05) is 23.7 Å². The van der Waals surface area contributed by atoms with E-state index >= 15 is 0 Å². The first-order valence-corrected chi connectivity index (χ1v) is 12.0. The second-order valence-corrected chi connectivity index (χ2v) is 9.27. The van der Waals surface area contributed by atoms with E-state index in [1.54, 1.807) is 54.6 Å². The Labute approximate surface area is 205 Å². The predicted octanol–water partition coefficient (Wildman–Crippen LogP) is 5.21. The number of likely N-dealkylation sites (tertiary alicyclic amines) is 1. The van der Waals surface area contributed by atoms with Crippen LogP contribution >= 0.6 is 0 Å². The number of aromatic nitrogens is 1. The lowest BCUT2D eigenvalue weighted by Gasteiger charge is -2.38. The number of aromatic hydroxyl groups is 2. The standard InChI is InChI=1S/C29H30N2O4/c1-3-19-17-31(18-19)14-15-35-24-11-6-21(7-12-24)29(34)27-25-13-10-23(33)16-26(25)30(2)28(27)20-4-8-22(32)9-5-20/h4-13,16,19,32-33H,3,14-15,17-18H2,1-2H3. The maximum atomic E-state index is 13.8. The smallest absolute Gasteiger partial charge is 0.195 e. The number of hydrogen-bond donors (Lipinski definition) is 2. The highest BCUT2D eigenvalue weighted by molar-refractivity contribution is 6.20. The molecule has 1 aromatic heterocycles. The number of aryl methyl sites for hydroxylation is 1. The molecule has 0 radical (unpaired) electrons. The first kappa shape index (κ1) is 23.0. The summed E-state index contributed by atoms with van der Waals surface area (Å²) >= 11 is 0. The van der Waals surface area contributed by atoms with Gasteiger partial charge in [-0.1, -0.05) is 13.3 Å². The van der Waals surface area contributed by atoms with Crippen molar-refractivity contribution in [1.29, 1.82) is 0 Å². The summed E-state index contributed by atoms with van der Waals surface area (Å²) in [6, 6.07) is 19.1. The Hall–Kier alpha value is -3.77. The van der Waals surface area contributed by atoms with Crippen LogP contribution in [0.25, 0.3) is 22.2 Å². The lowest BCUT2D eigenvalue weighted by molar-refractivity contribution is 0.0806. The molecule has 0 unspecified atom stereocenters. The molecule has 1 aliphatic rings. The van der Waals surface area contributed by atoms with Crippen LogP contribution < -0.4 is 4.74 Å². The topological polar surface area (TPSA) is 74.9 Å². The molecule has 1 saturated heterocycles. The second-order valence-electron chi connectivity index (χ2n) is 9.27. The number of ether oxygens (including phenoxy) is 1. The molecule has 0 aliphatic carbocycles. The number of carbonyl (C=O) groups is 1. The van der Waals surface area contributed by atoms with Crippen LogP contribution in [0.2, 0.25) is 0 Å². The summed E-state index contributed by atoms with van der Waals surface area (Å²) in [6.07, 6.45) is 1.24. The van der Waals surface area contributed by atoms with Crippen molar-refractivity contribution in [2.24, 2.45) is 13.0 Å². The van der Waals surface area contributed by atoms with Gasteiger partial charge in [-0.15, -0.1) is 0 Å². The lowest BCUT2D eigenvalue weighted by Crippen LogP contribution is -2.47. The number of benzene rings is 3. The Morgan fingerprint density at radius 3 is 2.34 bits per heavy atom. The summed E-state index contributed by atoms with van der Waals surface area (Å²) in [5.74, 6) is 1.76. The molecule has 1 aliphatic heterocycles. The zero-order chi connectivity index (χ0) is 24.5. The summed E-state index contributed by atoms with van der Waals surface area (Å²) in [7, 11) is 1.87. The fourth-order valence-electron chi connectivity index (χ4n) is 4.87. The van der Waals surface area contributed by atoms with Crippen molar-refractivity contribution in [2.75, 3.05) is 26.2 Å². The minimum absolute atomic E-state index is 0.109. The van der Waals surface area contributed by atoms with Crippen molar-refractivity contribution in [2.45, 2.75) is 13.3 Å². The lowest BCUT2D eigenvalue weighted by atomic mass is 9.97. The summed E-state index contributed by atoms with van der Waals surface area (Å²) in [5, 5.41) is 20.6. The second kappa shape index (κ2) is 9.47. The molecule has 1 fully saturated rings. The first-order valence-electron chi connectivity index (χ1n) is 12.0. The molecule has 180 valence electrons. The largest absolute Gasteiger partial charge is 0.508 e. The van der Waals surface area contributed by atoms with Gasteiger partial charge in [-0.3, -0.25) is 9.69 Å². The molecule has 4 aromatic rings. The molecular weight excluding hydrogens is 440 g/mol. The van der Waals surface area contributed by atoms with Crippen molar-refractivity contribution in [1.82, 2.24) is 9.47 Å². The molecule has 6 heteroatoms. The molecular formula is C29H30N2O4. The number of carbonyl (C=O) groups excluding carboxylic acids is 1. The van der Waals surface area contributed by atoms with Gasteiger partial charge in [-0.2, -0.15) is 0 Å². The van der Waals surface area contributed by atoms with Crippen molar-refractivity contribution in [3.8, 4) is 28.5 Å². The van der Waals surface area contributed by atoms with Crippen molar-refractivity contribution < 1.29 is 19.7 Å². The number of fused-ring (bicyclic) bond motifs is 1. The summed E-state index contributed by atoms with van der Waals surface area (Å²) < 4.78 is 7.81. The SMILES string of the molecule is CCC1CN(CCOc2ccc(C(=O)c3c(-c4ccc(O)cc4)n(C)c4cc(O)ccc34)cc2)C1. The zero-order valence-electron chi connectivity index (χ0n) is 20.1. The summed E-state index contributed by atoms with van der Waals surface area (Å²) in [4.78, 5) is 16.2. The van der Waals surface area contributed by atoms with Gasteiger partial charge in [0, 0.05) is 43.7 Å². The third-order valence-electron chi connectivity index (χ3n) is 6.95. The van der Waals surface area contributed by atoms with Gasteiger partial charge in [0.05, 0.1) is 16.8 Å². The van der Waals surface area contributed by atoms with Gasteiger partial charge in [0.1, 0.15) is 23.9 Å². The van der Waals surface area contributed by atoms with Gasteiger partial charge in [-0.25, -0.2) is 0 Å². The first-order chi connectivity index (χ1) is 16.9. The number of ketones is 1. The maximum absolute atomic E-state index is 13.8. The molecule has 35 heavy (non-hydrogen) atoms. The maximum Gasteiger partial charge on any atom is 0.195 e. The van der Waals surface area contributed by atoms with Crippen LogP contribution in [-0.4, -0.2) is 51.7 Å². The van der Waals surface area contributed by atoms with E-state index in [4.69, 9.17) is 4.74 Å². The fraction of sp³-hybridized carbons (Fsp3) is 0.276. The fourth-order valence-corrected chi connectivity index (χ4v) is 4.87. The molecule has 2 heterocycles. The van der Waals surface area contributed by atoms with Crippen molar-refractivity contribution in [3.05, 3.63) is 77.9 Å². The van der Waals surface area contributed by atoms with E-state index in [2.05, 4.69) is 11.8 Å². The molecule has 0 spiro atoms. The van der Waals surface area contributed by atoms with Gasteiger partial charge < -0.3 is 19.5 Å². The van der Waals surface area contributed by atoms with Gasteiger partial charge in [-0.05, 0) is 72.1 Å². The van der Waals surface area contributed by atoms with Gasteiger partial charge in [0.15, 0.2) is 5.78 Å². The molecule has 2 N–H and O–H groups in total. The predicted molar refractivity (Wildman–Crippen MR) is 137 cm³/mol. The molecule has 0 bridgehead atoms. The van der Waals surface area contributed by atoms with Gasteiger partial charge in [0.25, 0.3) is 0 Å². The highest BCUT2D eigenvalue weighted by Crippen LogP contribution is 2.36. The molecule has 6 nitrogen and oxygen atoms in total. The van der Waals surface area contributed by atoms with Crippen LogP contribution in [0.5, 0.6) is 17.2 Å². The Bertz CT molecular complexity index is 1350. The molecule has 0 amide bonds. The Kier molecular flexibility index (Phi) is 6.22. The number of phenols is 2. The Morgan fingerprint density at radius 2 is 1.66 bits per heavy atom. The van der Waals surface area contributed by atoms with E-state index in [0.29, 0.717) is 17.7 Å². The monoisotopic (exact) mass is 470 g/mol. The van der Waals surface area contributed by atoms with Crippen LogP contribution in [0.15, 0.2) is 66.7 Å². The molecule has 0 atom stereocenters. The summed E-state index contributed by atoms with van der Waals surface area (Å²) in [6.45, 7) is 6.08. The normalized spacial score (nSPS) is 14.2. The van der Waals surface area contributed by atoms with Crippen LogP contribution in [0.4, 0.5) is 0 Å². The van der Waals surface area contributed by atoms with Crippen LogP contribution in [-0.2, 0) is 7.05 Å². The van der Waals surface area contributed by atoms with Crippen molar-refractivity contribution in [3.63, 3.8) is 0 Å². The van der Waals surface area contributed by atoms with Crippen LogP contribution in [0.1, 0.15) is 29.3 Å². The molecule has 5 rings (SSSR count). The number of phenolic OH excluding ortho intramolecular Hbond substituents is 2. The van der Waals surface area contributed by atoms with Crippen LogP contribution in [0.3, 0.4) is 0 Å². The highest BCUT2D eigenvalue weighted by atomic mass is 16.5. The Balaban J connectivity index is 1.41. The Morgan fingerprint density at radius 1 is 0.971 bits per heavy atom. The third kappa shape index (κ3) is 4.49. The molecule has 0 saturated carbocycles. The number of nitrogens with zero attached hydrogens (tertiary/aromatic N) is 2. The highest BCUT2D eigenvalue weighted by Gasteiger charge is 2.25. The van der Waals surface area contributed by atoms with E-state index in [0.717, 1.165) is 53.5 Å². The minimum atomic E-state index is -0.109. The third-order valence-corrected chi connectivity index (χ3v) is 6.95. The molecule has 3 aromatic carbocycles. The number of hydrogen-bond acceptors (Lipinski definition) is 5. The van der Waals surface area contributed by atoms with E-state index in [-0.39, 0.29) is 17.3 Å². The number of rotatable bonds is 8. The minimum Gasteiger partial charge on any atom is -0.508 e.